The molecule has 0 bridgehead atoms. The highest BCUT2D eigenvalue weighted by molar-refractivity contribution is 5.67. The Morgan fingerprint density at radius 3 is 2.76 bits per heavy atom. The van der Waals surface area contributed by atoms with Gasteiger partial charge in [-0.2, -0.15) is 0 Å². The summed E-state index contributed by atoms with van der Waals surface area (Å²) in [4.78, 5) is 26.5. The third-order valence-corrected chi connectivity index (χ3v) is 11.9. The number of ether oxygens (including phenoxy) is 2. The van der Waals surface area contributed by atoms with E-state index >= 15 is 0 Å². The molecule has 3 heterocycles. The smallest absolute Gasteiger partial charge is 0.407 e. The number of amides is 1. The van der Waals surface area contributed by atoms with Crippen LogP contribution in [0.2, 0.25) is 0 Å². The molecule has 0 aromatic carbocycles. The van der Waals surface area contributed by atoms with Gasteiger partial charge in [-0.3, -0.25) is 0 Å². The monoisotopic (exact) mass is 522 g/mol. The van der Waals surface area contributed by atoms with Gasteiger partial charge < -0.3 is 24.1 Å². The molecule has 0 unspecified atom stereocenters. The predicted octanol–water partition coefficient (Wildman–Crippen LogP) is 4.78. The number of rotatable bonds is 5. The Morgan fingerprint density at radius 1 is 1.13 bits per heavy atom. The Balaban J connectivity index is 1.00. The highest BCUT2D eigenvalue weighted by Crippen LogP contribution is 2.77. The third kappa shape index (κ3) is 3.74. The molecule has 38 heavy (non-hydrogen) atoms. The minimum atomic E-state index is -0.304. The first-order valence-corrected chi connectivity index (χ1v) is 15.0. The predicted molar refractivity (Wildman–Crippen MR) is 142 cm³/mol. The first-order chi connectivity index (χ1) is 18.3. The van der Waals surface area contributed by atoms with E-state index in [9.17, 15) is 9.59 Å². The van der Waals surface area contributed by atoms with Crippen molar-refractivity contribution in [2.45, 2.75) is 95.4 Å². The molecule has 4 saturated carbocycles. The van der Waals surface area contributed by atoms with Crippen LogP contribution in [0.3, 0.4) is 0 Å². The van der Waals surface area contributed by atoms with E-state index in [0.29, 0.717) is 24.3 Å². The summed E-state index contributed by atoms with van der Waals surface area (Å²) in [5, 5.41) is 2.99. The number of likely N-dealkylation sites (tertiary alicyclic amines) is 1. The van der Waals surface area contributed by atoms with Gasteiger partial charge in [0, 0.05) is 36.9 Å². The van der Waals surface area contributed by atoms with Crippen molar-refractivity contribution in [3.05, 3.63) is 40.8 Å². The second-order valence-electron chi connectivity index (χ2n) is 13.5. The molecule has 206 valence electrons. The van der Waals surface area contributed by atoms with Gasteiger partial charge in [-0.25, -0.2) is 9.59 Å². The third-order valence-electron chi connectivity index (χ3n) is 11.9. The Hall–Kier alpha value is -1.86. The molecule has 2 radical (unpaired) electrons. The summed E-state index contributed by atoms with van der Waals surface area (Å²) in [5.41, 5.74) is 0.862. The normalized spacial score (nSPS) is 45.4. The SMILES string of the molecule is C[C@]12CC[C@H](OC(=O)NCCN3CCCC3)C[C@H]1CC[C@@H]1[C@@H]2CC[C@]2(C)[C@@H](c3ccc(=O)oc3)[C][C@H]3O[C@]132. The first-order valence-electron chi connectivity index (χ1n) is 15.0. The Kier molecular flexibility index (Phi) is 6.01. The summed E-state index contributed by atoms with van der Waals surface area (Å²) in [6.07, 6.45) is 15.5. The summed E-state index contributed by atoms with van der Waals surface area (Å²) in [5.74, 6) is 1.90. The van der Waals surface area contributed by atoms with E-state index in [4.69, 9.17) is 13.9 Å². The Bertz CT molecular complexity index is 1110. The zero-order valence-corrected chi connectivity index (χ0v) is 22.9. The lowest BCUT2D eigenvalue weighted by Gasteiger charge is -2.61. The second kappa shape index (κ2) is 9.09. The van der Waals surface area contributed by atoms with Crippen molar-refractivity contribution in [3.8, 4) is 0 Å². The lowest BCUT2D eigenvalue weighted by molar-refractivity contribution is -0.138. The largest absolute Gasteiger partial charge is 0.446 e. The second-order valence-corrected chi connectivity index (χ2v) is 13.5. The van der Waals surface area contributed by atoms with Gasteiger partial charge in [0.05, 0.1) is 12.4 Å². The maximum absolute atomic E-state index is 12.5. The highest BCUT2D eigenvalue weighted by atomic mass is 16.6. The van der Waals surface area contributed by atoms with Crippen molar-refractivity contribution < 1.29 is 18.7 Å². The molecule has 7 rings (SSSR count). The fourth-order valence-electron chi connectivity index (χ4n) is 9.84. The van der Waals surface area contributed by atoms with Crippen LogP contribution in [0.5, 0.6) is 0 Å². The number of hydrogen-bond acceptors (Lipinski definition) is 6. The molecule has 6 aliphatic rings. The molecule has 9 atom stereocenters. The van der Waals surface area contributed by atoms with Crippen LogP contribution < -0.4 is 10.9 Å². The number of fused-ring (bicyclic) bond motifs is 3. The van der Waals surface area contributed by atoms with Gasteiger partial charge in [-0.1, -0.05) is 13.8 Å². The Labute approximate surface area is 226 Å². The number of nitrogens with one attached hydrogen (secondary N) is 1. The Morgan fingerprint density at radius 2 is 1.97 bits per heavy atom. The fraction of sp³-hybridized carbons (Fsp3) is 0.774. The van der Waals surface area contributed by atoms with E-state index < -0.39 is 0 Å². The standard InChI is InChI=1S/C31H42N2O5/c1-29-11-9-22(37-28(35)32-13-16-33-14-3-4-15-33)17-21(29)6-7-24-23(29)10-12-30(2)25(18-26-31(24,30)38-26)20-5-8-27(34)36-19-20/h5,8,19,21-26H,3-4,6-7,9-17H2,1-2H3,(H,32,35)/t21-,22+,23+,24-,25-,26-,29+,30-,31-/m1/s1. The summed E-state index contributed by atoms with van der Waals surface area (Å²) in [6.45, 7) is 8.79. The van der Waals surface area contributed by atoms with E-state index in [2.05, 4.69) is 30.5 Å². The quantitative estimate of drug-likeness (QED) is 0.561. The van der Waals surface area contributed by atoms with Crippen molar-refractivity contribution in [3.63, 3.8) is 0 Å². The van der Waals surface area contributed by atoms with E-state index in [1.807, 2.05) is 6.07 Å². The average Bonchev–Trinajstić information content (AvgIpc) is 3.24. The van der Waals surface area contributed by atoms with Crippen LogP contribution in [-0.4, -0.2) is 55.0 Å². The molecule has 7 heteroatoms. The minimum absolute atomic E-state index is 0.0184. The fourth-order valence-corrected chi connectivity index (χ4v) is 9.84. The number of carbonyl (C=O) groups is 1. The maximum atomic E-state index is 12.5. The molecule has 2 aliphatic heterocycles. The first kappa shape index (κ1) is 25.1. The van der Waals surface area contributed by atoms with Crippen LogP contribution in [0, 0.1) is 35.0 Å². The number of nitrogens with zero attached hydrogens (tertiary/aromatic N) is 1. The molecule has 1 aromatic heterocycles. The van der Waals surface area contributed by atoms with Crippen LogP contribution in [0.15, 0.2) is 27.6 Å². The molecule has 7 nitrogen and oxygen atoms in total. The van der Waals surface area contributed by atoms with Gasteiger partial charge in [-0.15, -0.1) is 0 Å². The van der Waals surface area contributed by atoms with Crippen LogP contribution in [0.1, 0.15) is 83.1 Å². The lowest BCUT2D eigenvalue weighted by atomic mass is 9.44. The molecule has 4 aliphatic carbocycles. The van der Waals surface area contributed by atoms with Gasteiger partial charge in [-0.05, 0) is 106 Å². The lowest BCUT2D eigenvalue weighted by Crippen LogP contribution is -2.58. The summed E-state index contributed by atoms with van der Waals surface area (Å²) >= 11 is 0. The molecule has 1 spiro atoms. The van der Waals surface area contributed by atoms with Crippen molar-refractivity contribution in [2.24, 2.45) is 28.6 Å². The molecule has 1 amide bonds. The van der Waals surface area contributed by atoms with Gasteiger partial charge in [0.2, 0.25) is 0 Å². The minimum Gasteiger partial charge on any atom is -0.446 e. The zero-order valence-electron chi connectivity index (χ0n) is 22.9. The van der Waals surface area contributed by atoms with Gasteiger partial charge in [0.1, 0.15) is 11.7 Å². The van der Waals surface area contributed by atoms with Crippen LogP contribution >= 0.6 is 0 Å². The van der Waals surface area contributed by atoms with Crippen LogP contribution in [0.4, 0.5) is 4.79 Å². The molecular weight excluding hydrogens is 480 g/mol. The van der Waals surface area contributed by atoms with Crippen molar-refractivity contribution in [2.75, 3.05) is 26.2 Å². The summed E-state index contributed by atoms with van der Waals surface area (Å²) in [7, 11) is 0. The molecular formula is C31H42N2O5. The number of epoxide rings is 1. The van der Waals surface area contributed by atoms with Crippen LogP contribution in [-0.2, 0) is 9.47 Å². The average molecular weight is 523 g/mol. The van der Waals surface area contributed by atoms with Gasteiger partial charge in [0.15, 0.2) is 0 Å². The number of alkyl carbamates (subject to hydrolysis) is 1. The summed E-state index contributed by atoms with van der Waals surface area (Å²) in [6, 6.07) is 3.45. The van der Waals surface area contributed by atoms with E-state index in [-0.39, 0.29) is 46.3 Å². The number of carbonyl (C=O) groups excluding carboxylic acids is 1. The van der Waals surface area contributed by atoms with Crippen molar-refractivity contribution in [1.82, 2.24) is 10.2 Å². The van der Waals surface area contributed by atoms with E-state index in [1.165, 1.54) is 38.2 Å². The van der Waals surface area contributed by atoms with Gasteiger partial charge in [0.25, 0.3) is 0 Å². The zero-order chi connectivity index (χ0) is 26.1. The van der Waals surface area contributed by atoms with E-state index in [1.54, 1.807) is 6.26 Å². The number of hydrogen-bond donors (Lipinski definition) is 1. The van der Waals surface area contributed by atoms with Crippen LogP contribution in [0.25, 0.3) is 0 Å². The van der Waals surface area contributed by atoms with Crippen molar-refractivity contribution >= 4 is 6.09 Å². The van der Waals surface area contributed by atoms with Crippen molar-refractivity contribution in [1.29, 1.82) is 0 Å². The maximum Gasteiger partial charge on any atom is 0.407 e. The van der Waals surface area contributed by atoms with E-state index in [0.717, 1.165) is 50.9 Å². The topological polar surface area (TPSA) is 84.3 Å². The van der Waals surface area contributed by atoms with Gasteiger partial charge >= 0.3 is 11.7 Å². The molecule has 1 aromatic rings. The molecule has 1 N–H and O–H groups in total. The molecule has 2 saturated heterocycles. The molecule has 6 fully saturated rings. The summed E-state index contributed by atoms with van der Waals surface area (Å²) < 4.78 is 17.8. The highest BCUT2D eigenvalue weighted by Gasteiger charge is 2.81.